The van der Waals surface area contributed by atoms with Crippen molar-refractivity contribution in [2.45, 2.75) is 11.8 Å². The predicted molar refractivity (Wildman–Crippen MR) is 91.6 cm³/mol. The highest BCUT2D eigenvalue weighted by molar-refractivity contribution is 7.90. The van der Waals surface area contributed by atoms with E-state index in [9.17, 15) is 17.6 Å². The van der Waals surface area contributed by atoms with Crippen LogP contribution in [0.3, 0.4) is 0 Å². The Morgan fingerprint density at radius 2 is 1.62 bits per heavy atom. The number of halogens is 1. The first-order valence-corrected chi connectivity index (χ1v) is 9.20. The first kappa shape index (κ1) is 16.3. The predicted octanol–water partition coefficient (Wildman–Crippen LogP) is 3.92. The Bertz CT molecular complexity index is 1050. The van der Waals surface area contributed by atoms with Crippen LogP contribution in [-0.4, -0.2) is 20.5 Å². The second-order valence-electron chi connectivity index (χ2n) is 5.75. The number of benzene rings is 3. The van der Waals surface area contributed by atoms with Gasteiger partial charge < -0.3 is 0 Å². The highest BCUT2D eigenvalue weighted by Crippen LogP contribution is 2.27. The first-order valence-electron chi connectivity index (χ1n) is 7.31. The molecule has 122 valence electrons. The molecule has 0 unspecified atom stereocenters. The molecule has 3 nitrogen and oxygen atoms in total. The van der Waals surface area contributed by atoms with Crippen molar-refractivity contribution < 1.29 is 17.6 Å². The molecular weight excluding hydrogens is 327 g/mol. The number of fused-ring (bicyclic) bond motifs is 1. The second-order valence-corrected chi connectivity index (χ2v) is 7.76. The van der Waals surface area contributed by atoms with Crippen molar-refractivity contribution in [2.24, 2.45) is 0 Å². The van der Waals surface area contributed by atoms with Crippen LogP contribution in [0.15, 0.2) is 59.5 Å². The van der Waals surface area contributed by atoms with E-state index in [4.69, 9.17) is 0 Å². The summed E-state index contributed by atoms with van der Waals surface area (Å²) in [7, 11) is -3.32. The standard InChI is InChI=1S/C19H15FO3S/c1-12-3-4-14-11-16(24(2,22)23)9-10-17(14)18(12)19(21)13-5-7-15(20)8-6-13/h3-11H,1-2H3. The zero-order valence-electron chi connectivity index (χ0n) is 13.2. The molecule has 5 heteroatoms. The zero-order valence-corrected chi connectivity index (χ0v) is 14.0. The lowest BCUT2D eigenvalue weighted by Crippen LogP contribution is -2.05. The molecule has 24 heavy (non-hydrogen) atoms. The zero-order chi connectivity index (χ0) is 17.5. The van der Waals surface area contributed by atoms with E-state index in [1.54, 1.807) is 24.3 Å². The maximum Gasteiger partial charge on any atom is 0.193 e. The van der Waals surface area contributed by atoms with E-state index in [2.05, 4.69) is 0 Å². The van der Waals surface area contributed by atoms with E-state index < -0.39 is 15.7 Å². The minimum atomic E-state index is -3.32. The number of ketones is 1. The summed E-state index contributed by atoms with van der Waals surface area (Å²) in [6.45, 7) is 1.82. The normalized spacial score (nSPS) is 11.6. The first-order chi connectivity index (χ1) is 11.3. The van der Waals surface area contributed by atoms with Crippen LogP contribution >= 0.6 is 0 Å². The largest absolute Gasteiger partial charge is 0.289 e. The van der Waals surface area contributed by atoms with E-state index in [-0.39, 0.29) is 10.7 Å². The van der Waals surface area contributed by atoms with Gasteiger partial charge in [-0.05, 0) is 59.7 Å². The van der Waals surface area contributed by atoms with Crippen LogP contribution in [0.1, 0.15) is 21.5 Å². The number of carbonyl (C=O) groups is 1. The van der Waals surface area contributed by atoms with Gasteiger partial charge >= 0.3 is 0 Å². The summed E-state index contributed by atoms with van der Waals surface area (Å²) in [4.78, 5) is 13.0. The fourth-order valence-electron chi connectivity index (χ4n) is 2.69. The number of carbonyl (C=O) groups excluding carboxylic acids is 1. The van der Waals surface area contributed by atoms with Crippen molar-refractivity contribution in [1.82, 2.24) is 0 Å². The van der Waals surface area contributed by atoms with Gasteiger partial charge in [0.15, 0.2) is 15.6 Å². The molecule has 3 aromatic carbocycles. The summed E-state index contributed by atoms with van der Waals surface area (Å²) in [5.41, 5.74) is 1.67. The Labute approximate surface area is 139 Å². The highest BCUT2D eigenvalue weighted by Gasteiger charge is 2.17. The molecule has 0 fully saturated rings. The second kappa shape index (κ2) is 5.83. The Kier molecular flexibility index (Phi) is 3.97. The summed E-state index contributed by atoms with van der Waals surface area (Å²) in [5.74, 6) is -0.621. The fourth-order valence-corrected chi connectivity index (χ4v) is 3.35. The van der Waals surface area contributed by atoms with Crippen LogP contribution in [-0.2, 0) is 9.84 Å². The molecular formula is C19H15FO3S. The molecule has 0 atom stereocenters. The van der Waals surface area contributed by atoms with Gasteiger partial charge in [0.05, 0.1) is 4.90 Å². The van der Waals surface area contributed by atoms with Crippen LogP contribution in [0.5, 0.6) is 0 Å². The Morgan fingerprint density at radius 1 is 0.958 bits per heavy atom. The molecule has 3 rings (SSSR count). The topological polar surface area (TPSA) is 51.2 Å². The molecule has 0 spiro atoms. The van der Waals surface area contributed by atoms with Crippen LogP contribution in [0.2, 0.25) is 0 Å². The number of aryl methyl sites for hydroxylation is 1. The lowest BCUT2D eigenvalue weighted by Gasteiger charge is -2.11. The summed E-state index contributed by atoms with van der Waals surface area (Å²) in [6.07, 6.45) is 1.15. The highest BCUT2D eigenvalue weighted by atomic mass is 32.2. The van der Waals surface area contributed by atoms with Gasteiger partial charge in [0.25, 0.3) is 0 Å². The van der Waals surface area contributed by atoms with Crippen LogP contribution < -0.4 is 0 Å². The van der Waals surface area contributed by atoms with Crippen molar-refractivity contribution in [3.05, 3.63) is 77.1 Å². The molecule has 0 aliphatic carbocycles. The lowest BCUT2D eigenvalue weighted by molar-refractivity contribution is 0.103. The maximum absolute atomic E-state index is 13.1. The minimum absolute atomic E-state index is 0.207. The molecule has 0 saturated carbocycles. The van der Waals surface area contributed by atoms with Crippen molar-refractivity contribution in [2.75, 3.05) is 6.26 Å². The molecule has 3 aromatic rings. The van der Waals surface area contributed by atoms with Crippen molar-refractivity contribution in [1.29, 1.82) is 0 Å². The van der Waals surface area contributed by atoms with Crippen LogP contribution in [0.25, 0.3) is 10.8 Å². The van der Waals surface area contributed by atoms with Gasteiger partial charge in [-0.2, -0.15) is 0 Å². The Hall–Kier alpha value is -2.53. The Balaban J connectivity index is 2.22. The number of sulfone groups is 1. The van der Waals surface area contributed by atoms with E-state index >= 15 is 0 Å². The van der Waals surface area contributed by atoms with Crippen LogP contribution in [0, 0.1) is 12.7 Å². The van der Waals surface area contributed by atoms with Gasteiger partial charge in [-0.3, -0.25) is 4.79 Å². The maximum atomic E-state index is 13.1. The van der Waals surface area contributed by atoms with Gasteiger partial charge in [0.1, 0.15) is 5.82 Å². The third kappa shape index (κ3) is 2.95. The van der Waals surface area contributed by atoms with Gasteiger partial charge in [-0.25, -0.2) is 12.8 Å². The van der Waals surface area contributed by atoms with Crippen molar-refractivity contribution in [3.63, 3.8) is 0 Å². The third-order valence-electron chi connectivity index (χ3n) is 3.96. The molecule has 0 heterocycles. The Morgan fingerprint density at radius 3 is 2.25 bits per heavy atom. The summed E-state index contributed by atoms with van der Waals surface area (Å²) < 4.78 is 36.5. The molecule has 0 radical (unpaired) electrons. The van der Waals surface area contributed by atoms with E-state index in [1.807, 2.05) is 6.92 Å². The molecule has 0 aliphatic rings. The van der Waals surface area contributed by atoms with E-state index in [1.165, 1.54) is 30.3 Å². The minimum Gasteiger partial charge on any atom is -0.289 e. The van der Waals surface area contributed by atoms with E-state index in [0.717, 1.165) is 11.8 Å². The van der Waals surface area contributed by atoms with Gasteiger partial charge in [-0.1, -0.05) is 18.2 Å². The van der Waals surface area contributed by atoms with Crippen LogP contribution in [0.4, 0.5) is 4.39 Å². The SMILES string of the molecule is Cc1ccc2cc(S(C)(=O)=O)ccc2c1C(=O)c1ccc(F)cc1. The fraction of sp³-hybridized carbons (Fsp3) is 0.105. The number of hydrogen-bond donors (Lipinski definition) is 0. The molecule has 0 saturated heterocycles. The summed E-state index contributed by atoms with van der Waals surface area (Å²) in [6, 6.07) is 13.7. The quantitative estimate of drug-likeness (QED) is 0.678. The average molecular weight is 342 g/mol. The summed E-state index contributed by atoms with van der Waals surface area (Å²) >= 11 is 0. The average Bonchev–Trinajstić information content (AvgIpc) is 2.53. The van der Waals surface area contributed by atoms with Gasteiger partial charge in [-0.15, -0.1) is 0 Å². The third-order valence-corrected chi connectivity index (χ3v) is 5.07. The lowest BCUT2D eigenvalue weighted by atomic mass is 9.93. The van der Waals surface area contributed by atoms with Crippen molar-refractivity contribution >= 4 is 26.4 Å². The van der Waals surface area contributed by atoms with E-state index in [0.29, 0.717) is 21.9 Å². The molecule has 0 bridgehead atoms. The van der Waals surface area contributed by atoms with Crippen molar-refractivity contribution in [3.8, 4) is 0 Å². The summed E-state index contributed by atoms with van der Waals surface area (Å²) in [5, 5.41) is 1.35. The number of rotatable bonds is 3. The molecule has 0 aromatic heterocycles. The molecule has 0 amide bonds. The molecule has 0 aliphatic heterocycles. The molecule has 0 N–H and O–H groups in total. The number of hydrogen-bond acceptors (Lipinski definition) is 3. The van der Waals surface area contributed by atoms with Gasteiger partial charge in [0.2, 0.25) is 0 Å². The van der Waals surface area contributed by atoms with Gasteiger partial charge in [0, 0.05) is 17.4 Å². The monoisotopic (exact) mass is 342 g/mol. The smallest absolute Gasteiger partial charge is 0.193 e.